The number of hydrogen-bond acceptors (Lipinski definition) is 5. The van der Waals surface area contributed by atoms with Crippen molar-refractivity contribution in [1.82, 2.24) is 20.1 Å². The van der Waals surface area contributed by atoms with Gasteiger partial charge in [-0.15, -0.1) is 11.3 Å². The first-order valence-electron chi connectivity index (χ1n) is 12.3. The summed E-state index contributed by atoms with van der Waals surface area (Å²) in [7, 11) is 0. The number of carbonyl (C=O) groups is 1. The molecule has 0 atom stereocenters. The van der Waals surface area contributed by atoms with Crippen molar-refractivity contribution in [3.05, 3.63) is 87.1 Å². The minimum atomic E-state index is -4.43. The predicted molar refractivity (Wildman–Crippen MR) is 136 cm³/mol. The maximum absolute atomic E-state index is 13.4. The van der Waals surface area contributed by atoms with Crippen molar-refractivity contribution in [3.63, 3.8) is 0 Å². The minimum absolute atomic E-state index is 0.234. The zero-order chi connectivity index (χ0) is 26.3. The van der Waals surface area contributed by atoms with Gasteiger partial charge in [0.2, 0.25) is 0 Å². The van der Waals surface area contributed by atoms with E-state index in [1.807, 2.05) is 4.90 Å². The summed E-state index contributed by atoms with van der Waals surface area (Å²) >= 11 is 1.33. The van der Waals surface area contributed by atoms with E-state index < -0.39 is 11.7 Å². The molecule has 2 aromatic carbocycles. The molecule has 10 heteroatoms. The summed E-state index contributed by atoms with van der Waals surface area (Å²) in [5.41, 5.74) is 0.953. The number of alkyl halides is 3. The van der Waals surface area contributed by atoms with Crippen LogP contribution in [0.25, 0.3) is 0 Å². The van der Waals surface area contributed by atoms with Gasteiger partial charge in [0.05, 0.1) is 12.1 Å². The Morgan fingerprint density at radius 3 is 2.46 bits per heavy atom. The van der Waals surface area contributed by atoms with Gasteiger partial charge in [-0.1, -0.05) is 36.8 Å². The van der Waals surface area contributed by atoms with Crippen LogP contribution in [-0.2, 0) is 25.8 Å². The smallest absolute Gasteiger partial charge is 0.349 e. The second-order valence-electron chi connectivity index (χ2n) is 9.25. The summed E-state index contributed by atoms with van der Waals surface area (Å²) in [6.07, 6.45) is -0.781. The standard InChI is InChI=1S/C27H30F4N4OS/c28-23-9-7-20(8-10-23)16-35(17-21-5-4-6-22(15-21)27(29,30)31)18-25-33-24(19-37-25)26(36)32-11-14-34-12-2-1-3-13-34/h4-10,15,19H,1-3,11-14,16-18H2,(H,32,36). The molecule has 2 heterocycles. The van der Waals surface area contributed by atoms with Crippen LogP contribution in [0.3, 0.4) is 0 Å². The molecule has 0 aliphatic carbocycles. The van der Waals surface area contributed by atoms with Crippen molar-refractivity contribution in [1.29, 1.82) is 0 Å². The third-order valence-electron chi connectivity index (χ3n) is 6.29. The zero-order valence-corrected chi connectivity index (χ0v) is 21.3. The lowest BCUT2D eigenvalue weighted by atomic mass is 10.1. The molecule has 0 unspecified atom stereocenters. The average Bonchev–Trinajstić information content (AvgIpc) is 3.34. The van der Waals surface area contributed by atoms with Crippen LogP contribution in [-0.4, -0.2) is 46.9 Å². The van der Waals surface area contributed by atoms with Gasteiger partial charge < -0.3 is 10.2 Å². The molecule has 4 rings (SSSR count). The van der Waals surface area contributed by atoms with Crippen LogP contribution in [0.2, 0.25) is 0 Å². The number of amides is 1. The van der Waals surface area contributed by atoms with Crippen molar-refractivity contribution >= 4 is 17.2 Å². The van der Waals surface area contributed by atoms with Crippen molar-refractivity contribution in [2.24, 2.45) is 0 Å². The van der Waals surface area contributed by atoms with Gasteiger partial charge in [0.25, 0.3) is 5.91 Å². The highest BCUT2D eigenvalue weighted by Crippen LogP contribution is 2.30. The largest absolute Gasteiger partial charge is 0.416 e. The number of thiazole rings is 1. The zero-order valence-electron chi connectivity index (χ0n) is 20.4. The molecule has 1 amide bonds. The molecule has 198 valence electrons. The fourth-order valence-electron chi connectivity index (χ4n) is 4.40. The second kappa shape index (κ2) is 12.6. The van der Waals surface area contributed by atoms with E-state index in [-0.39, 0.29) is 18.3 Å². The molecular weight excluding hydrogens is 504 g/mol. The van der Waals surface area contributed by atoms with Gasteiger partial charge in [-0.3, -0.25) is 9.69 Å². The Morgan fingerprint density at radius 1 is 1.00 bits per heavy atom. The molecule has 37 heavy (non-hydrogen) atoms. The highest BCUT2D eigenvalue weighted by Gasteiger charge is 2.30. The molecule has 1 saturated heterocycles. The Labute approximate surface area is 218 Å². The fraction of sp³-hybridized carbons (Fsp3) is 0.407. The van der Waals surface area contributed by atoms with Gasteiger partial charge >= 0.3 is 6.18 Å². The molecule has 1 fully saturated rings. The second-order valence-corrected chi connectivity index (χ2v) is 10.2. The summed E-state index contributed by atoms with van der Waals surface area (Å²) < 4.78 is 53.0. The van der Waals surface area contributed by atoms with Crippen molar-refractivity contribution < 1.29 is 22.4 Å². The summed E-state index contributed by atoms with van der Waals surface area (Å²) in [5.74, 6) is -0.591. The van der Waals surface area contributed by atoms with Crippen LogP contribution < -0.4 is 5.32 Å². The van der Waals surface area contributed by atoms with Gasteiger partial charge in [-0.2, -0.15) is 13.2 Å². The highest BCUT2D eigenvalue weighted by molar-refractivity contribution is 7.09. The third kappa shape index (κ3) is 8.34. The van der Waals surface area contributed by atoms with E-state index in [0.29, 0.717) is 35.9 Å². The summed E-state index contributed by atoms with van der Waals surface area (Å²) in [6.45, 7) is 4.44. The lowest BCUT2D eigenvalue weighted by Crippen LogP contribution is -2.37. The quantitative estimate of drug-likeness (QED) is 0.338. The molecule has 1 aliphatic heterocycles. The first-order chi connectivity index (χ1) is 17.8. The van der Waals surface area contributed by atoms with E-state index in [1.165, 1.54) is 48.8 Å². The molecule has 1 N–H and O–H groups in total. The monoisotopic (exact) mass is 534 g/mol. The Balaban J connectivity index is 1.41. The maximum Gasteiger partial charge on any atom is 0.416 e. The topological polar surface area (TPSA) is 48.5 Å². The molecule has 1 aromatic heterocycles. The number of hydrogen-bond donors (Lipinski definition) is 1. The molecule has 3 aromatic rings. The van der Waals surface area contributed by atoms with Gasteiger partial charge in [-0.25, -0.2) is 9.37 Å². The number of aromatic nitrogens is 1. The van der Waals surface area contributed by atoms with E-state index >= 15 is 0 Å². The number of piperidine rings is 1. The van der Waals surface area contributed by atoms with Crippen LogP contribution in [0, 0.1) is 5.82 Å². The predicted octanol–water partition coefficient (Wildman–Crippen LogP) is 5.72. The number of halogens is 4. The fourth-order valence-corrected chi connectivity index (χ4v) is 5.22. The van der Waals surface area contributed by atoms with Gasteiger partial charge in [0, 0.05) is 31.6 Å². The number of carbonyl (C=O) groups excluding carboxylic acids is 1. The average molecular weight is 535 g/mol. The summed E-state index contributed by atoms with van der Waals surface area (Å²) in [6, 6.07) is 11.2. The van der Waals surface area contributed by atoms with Crippen LogP contribution in [0.15, 0.2) is 53.9 Å². The molecule has 1 aliphatic rings. The molecule has 0 radical (unpaired) electrons. The van der Waals surface area contributed by atoms with Crippen LogP contribution in [0.1, 0.15) is 51.4 Å². The van der Waals surface area contributed by atoms with E-state index in [1.54, 1.807) is 23.6 Å². The summed E-state index contributed by atoms with van der Waals surface area (Å²) in [4.78, 5) is 21.3. The van der Waals surface area contributed by atoms with E-state index in [2.05, 4.69) is 15.2 Å². The SMILES string of the molecule is O=C(NCCN1CCCCC1)c1csc(CN(Cc2ccc(F)cc2)Cc2cccc(C(F)(F)F)c2)n1. The van der Waals surface area contributed by atoms with Crippen molar-refractivity contribution in [3.8, 4) is 0 Å². The number of nitrogens with one attached hydrogen (secondary N) is 1. The summed E-state index contributed by atoms with van der Waals surface area (Å²) in [5, 5.41) is 5.30. The highest BCUT2D eigenvalue weighted by atomic mass is 32.1. The first kappa shape index (κ1) is 27.2. The first-order valence-corrected chi connectivity index (χ1v) is 13.2. The van der Waals surface area contributed by atoms with E-state index in [0.717, 1.165) is 37.3 Å². The normalized spacial score (nSPS) is 14.7. The Bertz CT molecular complexity index is 1160. The molecule has 0 saturated carbocycles. The Hall–Kier alpha value is -2.82. The van der Waals surface area contributed by atoms with E-state index in [9.17, 15) is 22.4 Å². The molecule has 0 spiro atoms. The number of nitrogens with zero attached hydrogens (tertiary/aromatic N) is 3. The number of likely N-dealkylation sites (tertiary alicyclic amines) is 1. The van der Waals surface area contributed by atoms with Crippen molar-refractivity contribution in [2.45, 2.75) is 45.1 Å². The number of rotatable bonds is 10. The maximum atomic E-state index is 13.4. The molecular formula is C27H30F4N4OS. The van der Waals surface area contributed by atoms with Crippen LogP contribution >= 0.6 is 11.3 Å². The van der Waals surface area contributed by atoms with Gasteiger partial charge in [0.15, 0.2) is 0 Å². The van der Waals surface area contributed by atoms with Gasteiger partial charge in [0.1, 0.15) is 16.5 Å². The molecule has 5 nitrogen and oxygen atoms in total. The van der Waals surface area contributed by atoms with Gasteiger partial charge in [-0.05, 0) is 55.3 Å². The van der Waals surface area contributed by atoms with Crippen LogP contribution in [0.4, 0.5) is 17.6 Å². The minimum Gasteiger partial charge on any atom is -0.349 e. The van der Waals surface area contributed by atoms with E-state index in [4.69, 9.17) is 0 Å². The Kier molecular flexibility index (Phi) is 9.28. The van der Waals surface area contributed by atoms with Crippen LogP contribution in [0.5, 0.6) is 0 Å². The Morgan fingerprint density at radius 2 is 1.73 bits per heavy atom. The third-order valence-corrected chi connectivity index (χ3v) is 7.12. The molecule has 0 bridgehead atoms. The lowest BCUT2D eigenvalue weighted by molar-refractivity contribution is -0.137. The van der Waals surface area contributed by atoms with Crippen molar-refractivity contribution in [2.75, 3.05) is 26.2 Å². The lowest BCUT2D eigenvalue weighted by Gasteiger charge is -2.26. The number of benzene rings is 2.